The van der Waals surface area contributed by atoms with Crippen molar-refractivity contribution < 1.29 is 62.6 Å². The van der Waals surface area contributed by atoms with Gasteiger partial charge in [0.05, 0.1) is 6.61 Å². The minimum absolute atomic E-state index is 0.172. The summed E-state index contributed by atoms with van der Waals surface area (Å²) in [6, 6.07) is 0. The third-order valence-corrected chi connectivity index (χ3v) is 2.35. The number of ether oxygens (including phenoxy) is 2. The molecule has 0 aliphatic carbocycles. The van der Waals surface area contributed by atoms with Gasteiger partial charge >= 0.3 is 36.2 Å². The largest absolute Gasteiger partial charge is 0.462 e. The molecule has 0 bridgehead atoms. The molecule has 0 heterocycles. The minimum Gasteiger partial charge on any atom is -0.461 e. The Hall–Kier alpha value is -1.34. The zero-order chi connectivity index (χ0) is 19.6. The van der Waals surface area contributed by atoms with Crippen molar-refractivity contribution >= 4 is 5.97 Å². The Bertz CT molecular complexity index is 442. The topological polar surface area (TPSA) is 35.5 Å². The Kier molecular flexibility index (Phi) is 6.50. The van der Waals surface area contributed by atoms with E-state index in [0.29, 0.717) is 0 Å². The fourth-order valence-corrected chi connectivity index (χ4v) is 1.02. The molecule has 0 radical (unpaired) electrons. The number of unbranched alkanes of at least 4 members (excludes halogenated alkanes) is 1. The summed E-state index contributed by atoms with van der Waals surface area (Å²) in [5, 5.41) is 0. The molecule has 0 aliphatic heterocycles. The van der Waals surface area contributed by atoms with E-state index in [1.165, 1.54) is 6.92 Å². The number of hydrogen-bond donors (Lipinski definition) is 0. The highest BCUT2D eigenvalue weighted by molar-refractivity contribution is 5.78. The van der Waals surface area contributed by atoms with Gasteiger partial charge in [-0.2, -0.15) is 48.3 Å². The molecule has 0 aromatic heterocycles. The van der Waals surface area contributed by atoms with Gasteiger partial charge in [-0.3, -0.25) is 4.74 Å². The summed E-state index contributed by atoms with van der Waals surface area (Å²) in [5.41, 5.74) is 0. The lowest BCUT2D eigenvalue weighted by molar-refractivity contribution is -0.475. The van der Waals surface area contributed by atoms with E-state index in [-0.39, 0.29) is 12.8 Å². The second-order valence-electron chi connectivity index (χ2n) is 4.27. The molecule has 0 spiro atoms. The zero-order valence-corrected chi connectivity index (χ0v) is 11.5. The van der Waals surface area contributed by atoms with Crippen LogP contribution in [0.1, 0.15) is 19.8 Å². The summed E-state index contributed by atoms with van der Waals surface area (Å²) in [7, 11) is 0. The maximum absolute atomic E-state index is 13.5. The fourth-order valence-electron chi connectivity index (χ4n) is 1.02. The average molecular weight is 386 g/mol. The Labute approximate surface area is 126 Å². The number of carbonyl (C=O) groups excluding carboxylic acids is 1. The van der Waals surface area contributed by atoms with Crippen LogP contribution in [0.5, 0.6) is 0 Å². The maximum atomic E-state index is 13.5. The molecule has 0 fully saturated rings. The van der Waals surface area contributed by atoms with Gasteiger partial charge in [0.25, 0.3) is 0 Å². The first-order chi connectivity index (χ1) is 10.4. The monoisotopic (exact) mass is 386 g/mol. The molecular weight excluding hydrogens is 377 g/mol. The lowest BCUT2D eigenvalue weighted by Crippen LogP contribution is -2.61. The molecule has 0 saturated heterocycles. The highest BCUT2D eigenvalue weighted by Crippen LogP contribution is 2.51. The molecule has 0 aromatic carbocycles. The predicted octanol–water partition coefficient (Wildman–Crippen LogP) is 4.36. The van der Waals surface area contributed by atoms with Gasteiger partial charge in [-0.15, -0.1) is 0 Å². The zero-order valence-electron chi connectivity index (χ0n) is 11.5. The second kappa shape index (κ2) is 6.88. The van der Waals surface area contributed by atoms with Crippen LogP contribution in [0.3, 0.4) is 0 Å². The maximum Gasteiger partial charge on any atom is 0.462 e. The molecule has 0 saturated carbocycles. The number of rotatable bonds is 7. The molecule has 0 amide bonds. The molecule has 144 valence electrons. The van der Waals surface area contributed by atoms with E-state index < -0.39 is 42.8 Å². The summed E-state index contributed by atoms with van der Waals surface area (Å²) in [6.45, 7) is 0.483. The van der Waals surface area contributed by atoms with E-state index in [9.17, 15) is 53.1 Å². The van der Waals surface area contributed by atoms with E-state index in [2.05, 4.69) is 4.74 Å². The molecule has 0 aliphatic rings. The van der Waals surface area contributed by atoms with Gasteiger partial charge in [0.15, 0.2) is 0 Å². The van der Waals surface area contributed by atoms with Gasteiger partial charge < -0.3 is 4.74 Å². The molecule has 0 N–H and O–H groups in total. The van der Waals surface area contributed by atoms with Crippen LogP contribution >= 0.6 is 0 Å². The molecule has 1 atom stereocenters. The van der Waals surface area contributed by atoms with Crippen LogP contribution in [0.2, 0.25) is 0 Å². The van der Waals surface area contributed by atoms with Crippen molar-refractivity contribution in [2.45, 2.75) is 50.0 Å². The summed E-state index contributed by atoms with van der Waals surface area (Å²) < 4.78 is 143. The summed E-state index contributed by atoms with van der Waals surface area (Å²) in [5.74, 6) is -16.7. The van der Waals surface area contributed by atoms with Crippen molar-refractivity contribution in [3.05, 3.63) is 0 Å². The van der Waals surface area contributed by atoms with E-state index in [0.717, 1.165) is 0 Å². The highest BCUT2D eigenvalue weighted by atomic mass is 19.4. The van der Waals surface area contributed by atoms with E-state index in [4.69, 9.17) is 0 Å². The molecule has 3 nitrogen and oxygen atoms in total. The third kappa shape index (κ3) is 4.39. The number of hydrogen-bond acceptors (Lipinski definition) is 3. The molecule has 0 aromatic rings. The lowest BCUT2D eigenvalue weighted by Gasteiger charge is -2.33. The first kappa shape index (κ1) is 22.7. The van der Waals surface area contributed by atoms with Crippen molar-refractivity contribution in [2.24, 2.45) is 0 Å². The Morgan fingerprint density at radius 2 is 1.29 bits per heavy atom. The lowest BCUT2D eigenvalue weighted by atomic mass is 10.2. The normalized spacial score (nSPS) is 16.7. The van der Waals surface area contributed by atoms with Crippen LogP contribution in [0.25, 0.3) is 0 Å². The van der Waals surface area contributed by atoms with Crippen molar-refractivity contribution in [1.29, 1.82) is 0 Å². The Morgan fingerprint density at radius 3 is 1.62 bits per heavy atom. The van der Waals surface area contributed by atoms with Gasteiger partial charge in [0.1, 0.15) is 0 Å². The molecule has 0 unspecified atom stereocenters. The molecule has 0 rings (SSSR count). The van der Waals surface area contributed by atoms with Crippen LogP contribution < -0.4 is 0 Å². The van der Waals surface area contributed by atoms with Crippen LogP contribution in [0, 0.1) is 0 Å². The molecular formula is C10H9F11O3. The Morgan fingerprint density at radius 1 is 0.833 bits per heavy atom. The van der Waals surface area contributed by atoms with Crippen molar-refractivity contribution in [3.63, 3.8) is 0 Å². The Balaban J connectivity index is 5.69. The summed E-state index contributed by atoms with van der Waals surface area (Å²) in [4.78, 5) is 10.9. The molecule has 24 heavy (non-hydrogen) atoms. The van der Waals surface area contributed by atoms with Gasteiger partial charge in [-0.1, -0.05) is 13.3 Å². The van der Waals surface area contributed by atoms with Crippen LogP contribution in [0.15, 0.2) is 0 Å². The number of esters is 1. The third-order valence-electron chi connectivity index (χ3n) is 2.35. The van der Waals surface area contributed by atoms with Gasteiger partial charge in [0, 0.05) is 0 Å². The number of halogens is 11. The van der Waals surface area contributed by atoms with E-state index >= 15 is 0 Å². The predicted molar refractivity (Wildman–Crippen MR) is 52.8 cm³/mol. The van der Waals surface area contributed by atoms with Crippen molar-refractivity contribution in [2.75, 3.05) is 6.61 Å². The SMILES string of the molecule is CCCCOC(=O)[C@](F)(OC(F)(F)C(F)(F)C(F)(F)F)C(F)(F)F. The summed E-state index contributed by atoms with van der Waals surface area (Å²) in [6.07, 6.45) is -20.9. The highest BCUT2D eigenvalue weighted by Gasteiger charge is 2.80. The minimum atomic E-state index is -7.22. The van der Waals surface area contributed by atoms with Crippen LogP contribution in [-0.4, -0.2) is 42.8 Å². The fraction of sp³-hybridized carbons (Fsp3) is 0.900. The van der Waals surface area contributed by atoms with Crippen LogP contribution in [-0.2, 0) is 14.3 Å². The summed E-state index contributed by atoms with van der Waals surface area (Å²) >= 11 is 0. The smallest absolute Gasteiger partial charge is 0.461 e. The first-order valence-corrected chi connectivity index (χ1v) is 5.89. The number of alkyl halides is 11. The first-order valence-electron chi connectivity index (χ1n) is 5.89. The average Bonchev–Trinajstić information content (AvgIpc) is 2.35. The quantitative estimate of drug-likeness (QED) is 0.371. The second-order valence-corrected chi connectivity index (χ2v) is 4.27. The van der Waals surface area contributed by atoms with Gasteiger partial charge in [-0.05, 0) is 6.42 Å². The molecule has 14 heteroatoms. The van der Waals surface area contributed by atoms with E-state index in [1.807, 2.05) is 4.74 Å². The van der Waals surface area contributed by atoms with E-state index in [1.54, 1.807) is 0 Å². The van der Waals surface area contributed by atoms with Crippen molar-refractivity contribution in [1.82, 2.24) is 0 Å². The van der Waals surface area contributed by atoms with Gasteiger partial charge in [-0.25, -0.2) is 4.79 Å². The number of carbonyl (C=O) groups is 1. The standard InChI is InChI=1S/C10H9F11O3/c1-2-3-4-23-5(22)6(11,8(14,15)16)24-10(20,21)7(12,13)9(17,18)19/h2-4H2,1H3/t6-/m0/s1. The van der Waals surface area contributed by atoms with Crippen molar-refractivity contribution in [3.8, 4) is 0 Å². The van der Waals surface area contributed by atoms with Crippen LogP contribution in [0.4, 0.5) is 48.3 Å². The van der Waals surface area contributed by atoms with Gasteiger partial charge in [0.2, 0.25) is 0 Å².